The smallest absolute Gasteiger partial charge is 0.267 e. The molecule has 0 aliphatic heterocycles. The van der Waals surface area contributed by atoms with Crippen molar-refractivity contribution in [2.24, 2.45) is 0 Å². The maximum absolute atomic E-state index is 14.1. The van der Waals surface area contributed by atoms with Gasteiger partial charge in [-0.25, -0.2) is 13.8 Å². The molecule has 7 nitrogen and oxygen atoms in total. The van der Waals surface area contributed by atoms with Gasteiger partial charge in [0, 0.05) is 22.6 Å². The van der Waals surface area contributed by atoms with Crippen LogP contribution in [0.15, 0.2) is 83.7 Å². The Hall–Kier alpha value is -4.72. The highest BCUT2D eigenvalue weighted by molar-refractivity contribution is 5.91. The number of nitrogens with one attached hydrogen (secondary N) is 1. The first kappa shape index (κ1) is 24.0. The maximum atomic E-state index is 14.1. The third-order valence-corrected chi connectivity index (χ3v) is 6.40. The molecule has 0 unspecified atom stereocenters. The van der Waals surface area contributed by atoms with Gasteiger partial charge < -0.3 is 15.6 Å². The summed E-state index contributed by atoms with van der Waals surface area (Å²) in [6.07, 6.45) is 0.533. The van der Waals surface area contributed by atoms with E-state index in [1.807, 2.05) is 62.4 Å². The Morgan fingerprint density at radius 2 is 1.68 bits per heavy atom. The summed E-state index contributed by atoms with van der Waals surface area (Å²) in [6.45, 7) is 3.69. The lowest BCUT2D eigenvalue weighted by Crippen LogP contribution is -2.23. The van der Waals surface area contributed by atoms with E-state index in [2.05, 4.69) is 5.32 Å². The number of nitrogens with zero attached hydrogens (tertiary/aromatic N) is 3. The number of hydrogen-bond acceptors (Lipinski definition) is 4. The highest BCUT2D eigenvalue weighted by Crippen LogP contribution is 2.31. The third kappa shape index (κ3) is 4.38. The van der Waals surface area contributed by atoms with Crippen molar-refractivity contribution in [3.8, 4) is 22.4 Å². The number of aromatic nitrogens is 3. The average molecular weight is 496 g/mol. The summed E-state index contributed by atoms with van der Waals surface area (Å²) in [7, 11) is 0. The van der Waals surface area contributed by atoms with Gasteiger partial charge in [0.25, 0.3) is 5.56 Å². The number of carbonyl (C=O) groups excluding carboxylic acids is 1. The zero-order valence-corrected chi connectivity index (χ0v) is 20.5. The molecule has 0 saturated heterocycles. The molecule has 5 aromatic rings. The van der Waals surface area contributed by atoms with Gasteiger partial charge in [0.1, 0.15) is 12.4 Å². The summed E-state index contributed by atoms with van der Waals surface area (Å²) in [5.41, 5.74) is 11.0. The first-order chi connectivity index (χ1) is 17.9. The van der Waals surface area contributed by atoms with Gasteiger partial charge in [-0.15, -0.1) is 0 Å². The number of nitrogen functional groups attached to an aromatic ring is 1. The summed E-state index contributed by atoms with van der Waals surface area (Å²) in [4.78, 5) is 32.1. The fourth-order valence-corrected chi connectivity index (χ4v) is 4.62. The molecule has 0 bridgehead atoms. The Labute approximate surface area is 213 Å². The summed E-state index contributed by atoms with van der Waals surface area (Å²) in [5, 5.41) is 2.78. The maximum Gasteiger partial charge on any atom is 0.267 e. The number of imidazole rings is 1. The van der Waals surface area contributed by atoms with E-state index in [0.29, 0.717) is 51.8 Å². The van der Waals surface area contributed by atoms with Crippen LogP contribution < -0.4 is 16.6 Å². The van der Waals surface area contributed by atoms with E-state index in [4.69, 9.17) is 10.7 Å². The molecule has 2 heterocycles. The molecule has 3 N–H and O–H groups in total. The van der Waals surface area contributed by atoms with Gasteiger partial charge in [-0.05, 0) is 49.2 Å². The molecule has 8 heteroatoms. The highest BCUT2D eigenvalue weighted by Gasteiger charge is 2.24. The molecule has 0 radical (unpaired) electrons. The van der Waals surface area contributed by atoms with Crippen molar-refractivity contribution in [2.45, 2.75) is 26.8 Å². The number of rotatable bonds is 6. The normalized spacial score (nSPS) is 11.1. The van der Waals surface area contributed by atoms with Crippen LogP contribution in [0.2, 0.25) is 0 Å². The molecule has 0 saturated carbocycles. The SMILES string of the molecule is CCc1nc2n(CC(=O)Nc3ccc(F)cc3)c(C)c(-c3ccccc3N)n2c(=O)c1-c1ccccc1. The number of nitrogens with two attached hydrogens (primary N) is 1. The van der Waals surface area contributed by atoms with E-state index in [-0.39, 0.29) is 23.8 Å². The van der Waals surface area contributed by atoms with Crippen LogP contribution in [-0.4, -0.2) is 19.9 Å². The van der Waals surface area contributed by atoms with Gasteiger partial charge in [-0.1, -0.05) is 55.5 Å². The van der Waals surface area contributed by atoms with Crippen LogP contribution in [0.25, 0.3) is 28.2 Å². The number of anilines is 2. The molecule has 5 rings (SSSR count). The molecule has 0 spiro atoms. The third-order valence-electron chi connectivity index (χ3n) is 6.40. The first-order valence-corrected chi connectivity index (χ1v) is 12.0. The largest absolute Gasteiger partial charge is 0.398 e. The molecule has 186 valence electrons. The second kappa shape index (κ2) is 9.73. The number of para-hydroxylation sites is 1. The number of hydrogen-bond donors (Lipinski definition) is 2. The van der Waals surface area contributed by atoms with Gasteiger partial charge in [-0.2, -0.15) is 0 Å². The van der Waals surface area contributed by atoms with E-state index in [9.17, 15) is 14.0 Å². The van der Waals surface area contributed by atoms with Crippen molar-refractivity contribution in [3.05, 3.63) is 106 Å². The van der Waals surface area contributed by atoms with Crippen molar-refractivity contribution < 1.29 is 9.18 Å². The molecular formula is C29H26FN5O2. The van der Waals surface area contributed by atoms with Crippen LogP contribution in [0.5, 0.6) is 0 Å². The average Bonchev–Trinajstić information content (AvgIpc) is 3.17. The van der Waals surface area contributed by atoms with Gasteiger partial charge in [0.05, 0.1) is 17.0 Å². The Kier molecular flexibility index (Phi) is 6.31. The van der Waals surface area contributed by atoms with Crippen molar-refractivity contribution in [1.29, 1.82) is 0 Å². The molecule has 0 atom stereocenters. The summed E-state index contributed by atoms with van der Waals surface area (Å²) >= 11 is 0. The second-order valence-corrected chi connectivity index (χ2v) is 8.76. The van der Waals surface area contributed by atoms with Crippen LogP contribution in [0, 0.1) is 12.7 Å². The van der Waals surface area contributed by atoms with Gasteiger partial charge in [-0.3, -0.25) is 9.59 Å². The van der Waals surface area contributed by atoms with Crippen LogP contribution in [-0.2, 0) is 17.8 Å². The van der Waals surface area contributed by atoms with E-state index in [1.54, 1.807) is 15.0 Å². The van der Waals surface area contributed by atoms with Crippen LogP contribution >= 0.6 is 0 Å². The molecule has 0 aliphatic rings. The molecule has 2 aromatic heterocycles. The molecule has 3 aromatic carbocycles. The summed E-state index contributed by atoms with van der Waals surface area (Å²) in [6, 6.07) is 22.3. The number of fused-ring (bicyclic) bond motifs is 1. The molecule has 0 fully saturated rings. The minimum atomic E-state index is -0.389. The minimum Gasteiger partial charge on any atom is -0.398 e. The zero-order chi connectivity index (χ0) is 26.1. The lowest BCUT2D eigenvalue weighted by molar-refractivity contribution is -0.116. The van der Waals surface area contributed by atoms with E-state index < -0.39 is 0 Å². The lowest BCUT2D eigenvalue weighted by atomic mass is 10.0. The minimum absolute atomic E-state index is 0.0975. The Balaban J connectivity index is 1.73. The fraction of sp³-hybridized carbons (Fsp3) is 0.138. The van der Waals surface area contributed by atoms with E-state index in [0.717, 1.165) is 5.56 Å². The van der Waals surface area contributed by atoms with E-state index >= 15 is 0 Å². The summed E-state index contributed by atoms with van der Waals surface area (Å²) in [5.74, 6) is -0.369. The Morgan fingerprint density at radius 3 is 2.35 bits per heavy atom. The van der Waals surface area contributed by atoms with Gasteiger partial charge in [0.2, 0.25) is 11.7 Å². The Morgan fingerprint density at radius 1 is 1.00 bits per heavy atom. The number of aryl methyl sites for hydroxylation is 1. The highest BCUT2D eigenvalue weighted by atomic mass is 19.1. The Bertz CT molecular complexity index is 1670. The van der Waals surface area contributed by atoms with Gasteiger partial charge >= 0.3 is 0 Å². The number of carbonyl (C=O) groups is 1. The lowest BCUT2D eigenvalue weighted by Gasteiger charge is -2.11. The van der Waals surface area contributed by atoms with Crippen molar-refractivity contribution in [3.63, 3.8) is 0 Å². The monoisotopic (exact) mass is 495 g/mol. The molecule has 0 aliphatic carbocycles. The van der Waals surface area contributed by atoms with Crippen molar-refractivity contribution in [1.82, 2.24) is 14.0 Å². The number of halogens is 1. The summed E-state index contributed by atoms with van der Waals surface area (Å²) < 4.78 is 16.6. The van der Waals surface area contributed by atoms with Gasteiger partial charge in [0.15, 0.2) is 0 Å². The van der Waals surface area contributed by atoms with Crippen molar-refractivity contribution in [2.75, 3.05) is 11.1 Å². The number of benzene rings is 3. The number of amides is 1. The van der Waals surface area contributed by atoms with Crippen molar-refractivity contribution >= 4 is 23.1 Å². The quantitative estimate of drug-likeness (QED) is 0.322. The fourth-order valence-electron chi connectivity index (χ4n) is 4.62. The standard InChI is InChI=1S/C29H26FN5O2/c1-3-24-26(19-9-5-4-6-10-19)28(37)35-27(22-11-7-8-12-23(22)31)18(2)34(29(35)33-24)17-25(36)32-21-15-13-20(30)14-16-21/h4-16H,3,17,31H2,1-2H3,(H,32,36). The molecular weight excluding hydrogens is 469 g/mol. The zero-order valence-electron chi connectivity index (χ0n) is 20.5. The van der Waals surface area contributed by atoms with E-state index in [1.165, 1.54) is 24.3 Å². The molecule has 37 heavy (non-hydrogen) atoms. The van der Waals surface area contributed by atoms with Crippen LogP contribution in [0.4, 0.5) is 15.8 Å². The topological polar surface area (TPSA) is 94.4 Å². The predicted molar refractivity (Wildman–Crippen MR) is 144 cm³/mol. The predicted octanol–water partition coefficient (Wildman–Crippen LogP) is 5.06. The first-order valence-electron chi connectivity index (χ1n) is 12.0. The van der Waals surface area contributed by atoms with Crippen LogP contribution in [0.3, 0.4) is 0 Å². The second-order valence-electron chi connectivity index (χ2n) is 8.76. The van der Waals surface area contributed by atoms with Crippen LogP contribution in [0.1, 0.15) is 18.3 Å². The molecule has 1 amide bonds.